The molecule has 0 atom stereocenters. The highest BCUT2D eigenvalue weighted by Gasteiger charge is 2.19. The van der Waals surface area contributed by atoms with E-state index in [0.717, 1.165) is 75.3 Å². The average molecular weight is 522 g/mol. The van der Waals surface area contributed by atoms with Crippen LogP contribution in [-0.4, -0.2) is 60.3 Å². The number of piperidine rings is 1. The van der Waals surface area contributed by atoms with Crippen LogP contribution in [0.5, 0.6) is 5.75 Å². The number of nitrogens with one attached hydrogen (secondary N) is 2. The number of hydrogen-bond donors (Lipinski definition) is 2. The van der Waals surface area contributed by atoms with Crippen LogP contribution in [0.15, 0.2) is 46.9 Å². The van der Waals surface area contributed by atoms with E-state index < -0.39 is 0 Å². The first-order chi connectivity index (χ1) is 15.6. The summed E-state index contributed by atoms with van der Waals surface area (Å²) >= 11 is 9.28. The zero-order valence-electron chi connectivity index (χ0n) is 18.2. The van der Waals surface area contributed by atoms with Crippen LogP contribution in [0.1, 0.15) is 24.8 Å². The predicted octanol–water partition coefficient (Wildman–Crippen LogP) is 4.62. The SMILES string of the molecule is Fc1cccc(NC(=S)N2CCCN(Cc3ccc(OC4CCNCC4)c(Br)c3)CC2)c1. The molecule has 2 saturated heterocycles. The quantitative estimate of drug-likeness (QED) is 0.560. The predicted molar refractivity (Wildman–Crippen MR) is 135 cm³/mol. The first kappa shape index (κ1) is 23.4. The summed E-state index contributed by atoms with van der Waals surface area (Å²) in [5, 5.41) is 7.19. The van der Waals surface area contributed by atoms with Crippen molar-refractivity contribution in [2.75, 3.05) is 44.6 Å². The molecule has 32 heavy (non-hydrogen) atoms. The Morgan fingerprint density at radius 2 is 1.97 bits per heavy atom. The molecule has 2 aliphatic heterocycles. The summed E-state index contributed by atoms with van der Waals surface area (Å²) in [5.41, 5.74) is 1.95. The summed E-state index contributed by atoms with van der Waals surface area (Å²) in [6.07, 6.45) is 3.42. The Hall–Kier alpha value is -1.74. The number of nitrogens with zero attached hydrogens (tertiary/aromatic N) is 2. The monoisotopic (exact) mass is 520 g/mol. The van der Waals surface area contributed by atoms with E-state index in [1.165, 1.54) is 17.7 Å². The van der Waals surface area contributed by atoms with Crippen LogP contribution in [-0.2, 0) is 6.54 Å². The Morgan fingerprint density at radius 3 is 2.75 bits per heavy atom. The lowest BCUT2D eigenvalue weighted by atomic mass is 10.1. The lowest BCUT2D eigenvalue weighted by Gasteiger charge is -2.25. The smallest absolute Gasteiger partial charge is 0.173 e. The van der Waals surface area contributed by atoms with Gasteiger partial charge in [-0.15, -0.1) is 0 Å². The molecule has 0 unspecified atom stereocenters. The Bertz CT molecular complexity index is 925. The molecule has 0 bridgehead atoms. The number of thiocarbonyl (C=S) groups is 1. The molecule has 0 amide bonds. The average Bonchev–Trinajstić information content (AvgIpc) is 3.02. The molecule has 8 heteroatoms. The molecule has 2 aromatic carbocycles. The minimum Gasteiger partial charge on any atom is -0.489 e. The van der Waals surface area contributed by atoms with E-state index in [1.54, 1.807) is 6.07 Å². The van der Waals surface area contributed by atoms with Gasteiger partial charge in [-0.05, 0) is 96.4 Å². The standard InChI is InChI=1S/C24H30BrFN4OS/c25-22-15-18(5-6-23(22)31-21-7-9-27-10-8-21)17-29-11-2-12-30(14-13-29)24(32)28-20-4-1-3-19(26)16-20/h1,3-6,15-16,21,27H,2,7-14,17H2,(H,28,32). The fraction of sp³-hybridized carbons (Fsp3) is 0.458. The number of benzene rings is 2. The van der Waals surface area contributed by atoms with E-state index in [0.29, 0.717) is 16.9 Å². The third-order valence-corrected chi connectivity index (χ3v) is 6.91. The topological polar surface area (TPSA) is 39.8 Å². The molecule has 5 nitrogen and oxygen atoms in total. The molecule has 2 heterocycles. The lowest BCUT2D eigenvalue weighted by molar-refractivity contribution is 0.161. The van der Waals surface area contributed by atoms with Crippen molar-refractivity contribution in [2.24, 2.45) is 0 Å². The highest BCUT2D eigenvalue weighted by atomic mass is 79.9. The molecule has 2 fully saturated rings. The first-order valence-electron chi connectivity index (χ1n) is 11.3. The lowest BCUT2D eigenvalue weighted by Crippen LogP contribution is -2.37. The number of ether oxygens (including phenoxy) is 1. The Balaban J connectivity index is 1.29. The van der Waals surface area contributed by atoms with Crippen LogP contribution in [0.2, 0.25) is 0 Å². The third kappa shape index (κ3) is 6.63. The Kier molecular flexibility index (Phi) is 8.35. The maximum atomic E-state index is 13.4. The number of rotatable bonds is 5. The molecule has 0 spiro atoms. The summed E-state index contributed by atoms with van der Waals surface area (Å²) in [4.78, 5) is 4.63. The van der Waals surface area contributed by atoms with E-state index in [4.69, 9.17) is 17.0 Å². The van der Waals surface area contributed by atoms with Crippen LogP contribution in [0.25, 0.3) is 0 Å². The third-order valence-electron chi connectivity index (χ3n) is 5.93. The molecule has 0 aliphatic carbocycles. The van der Waals surface area contributed by atoms with Crippen molar-refractivity contribution in [1.29, 1.82) is 0 Å². The molecule has 4 rings (SSSR count). The molecule has 0 radical (unpaired) electrons. The summed E-state index contributed by atoms with van der Waals surface area (Å²) in [6.45, 7) is 6.62. The largest absolute Gasteiger partial charge is 0.489 e. The van der Waals surface area contributed by atoms with Gasteiger partial charge in [-0.1, -0.05) is 12.1 Å². The highest BCUT2D eigenvalue weighted by molar-refractivity contribution is 9.10. The highest BCUT2D eigenvalue weighted by Crippen LogP contribution is 2.29. The van der Waals surface area contributed by atoms with Crippen molar-refractivity contribution in [3.63, 3.8) is 0 Å². The maximum absolute atomic E-state index is 13.4. The van der Waals surface area contributed by atoms with Gasteiger partial charge in [0.25, 0.3) is 0 Å². The number of hydrogen-bond acceptors (Lipinski definition) is 4. The Labute approximate surface area is 203 Å². The van der Waals surface area contributed by atoms with E-state index in [9.17, 15) is 4.39 Å². The van der Waals surface area contributed by atoms with Crippen LogP contribution < -0.4 is 15.4 Å². The zero-order chi connectivity index (χ0) is 22.3. The van der Waals surface area contributed by atoms with Gasteiger partial charge in [-0.3, -0.25) is 4.90 Å². The maximum Gasteiger partial charge on any atom is 0.173 e. The van der Waals surface area contributed by atoms with Gasteiger partial charge in [-0.2, -0.15) is 0 Å². The van der Waals surface area contributed by atoms with E-state index in [1.807, 2.05) is 6.07 Å². The van der Waals surface area contributed by atoms with Crippen molar-refractivity contribution in [2.45, 2.75) is 31.9 Å². The molecule has 2 N–H and O–H groups in total. The van der Waals surface area contributed by atoms with Gasteiger partial charge in [0.2, 0.25) is 0 Å². The normalized spacial score (nSPS) is 18.2. The zero-order valence-corrected chi connectivity index (χ0v) is 20.6. The second-order valence-corrected chi connectivity index (χ2v) is 9.63. The van der Waals surface area contributed by atoms with Gasteiger partial charge >= 0.3 is 0 Å². The van der Waals surface area contributed by atoms with Gasteiger partial charge < -0.3 is 20.3 Å². The van der Waals surface area contributed by atoms with Crippen LogP contribution >= 0.6 is 28.1 Å². The van der Waals surface area contributed by atoms with E-state index >= 15 is 0 Å². The van der Waals surface area contributed by atoms with E-state index in [-0.39, 0.29) is 5.82 Å². The number of halogens is 2. The van der Waals surface area contributed by atoms with Gasteiger partial charge in [0, 0.05) is 38.4 Å². The molecular formula is C24H30BrFN4OS. The van der Waals surface area contributed by atoms with Gasteiger partial charge in [0.1, 0.15) is 17.7 Å². The summed E-state index contributed by atoms with van der Waals surface area (Å²) < 4.78 is 20.7. The van der Waals surface area contributed by atoms with Gasteiger partial charge in [0.15, 0.2) is 5.11 Å². The molecule has 0 aromatic heterocycles. The molecule has 172 valence electrons. The van der Waals surface area contributed by atoms with Crippen LogP contribution in [0.4, 0.5) is 10.1 Å². The second kappa shape index (κ2) is 11.4. The van der Waals surface area contributed by atoms with Gasteiger partial charge in [-0.25, -0.2) is 4.39 Å². The first-order valence-corrected chi connectivity index (χ1v) is 12.5. The molecule has 2 aliphatic rings. The van der Waals surface area contributed by atoms with Crippen molar-refractivity contribution < 1.29 is 9.13 Å². The van der Waals surface area contributed by atoms with Crippen molar-refractivity contribution in [3.8, 4) is 5.75 Å². The molecule has 0 saturated carbocycles. The van der Waals surface area contributed by atoms with Gasteiger partial charge in [0.05, 0.1) is 4.47 Å². The summed E-state index contributed by atoms with van der Waals surface area (Å²) in [5.74, 6) is 0.662. The van der Waals surface area contributed by atoms with Crippen LogP contribution in [0, 0.1) is 5.82 Å². The summed E-state index contributed by atoms with van der Waals surface area (Å²) in [6, 6.07) is 12.8. The van der Waals surface area contributed by atoms with Crippen molar-refractivity contribution >= 4 is 38.9 Å². The van der Waals surface area contributed by atoms with Crippen LogP contribution in [0.3, 0.4) is 0 Å². The van der Waals surface area contributed by atoms with Crippen molar-refractivity contribution in [3.05, 3.63) is 58.3 Å². The minimum atomic E-state index is -0.266. The molecular weight excluding hydrogens is 491 g/mol. The van der Waals surface area contributed by atoms with E-state index in [2.05, 4.69) is 54.6 Å². The van der Waals surface area contributed by atoms with Crippen molar-refractivity contribution in [1.82, 2.24) is 15.1 Å². The number of anilines is 1. The Morgan fingerprint density at radius 1 is 1.12 bits per heavy atom. The fourth-order valence-corrected chi connectivity index (χ4v) is 5.01. The molecule has 2 aromatic rings. The second-order valence-electron chi connectivity index (χ2n) is 8.39. The fourth-order valence-electron chi connectivity index (χ4n) is 4.19. The minimum absolute atomic E-state index is 0.266. The summed E-state index contributed by atoms with van der Waals surface area (Å²) in [7, 11) is 0.